The number of nitrogens with two attached hydrogens (primary N) is 1. The molecule has 0 aromatic heterocycles. The normalized spacial score (nSPS) is 16.7. The minimum atomic E-state index is 0.0600. The van der Waals surface area contributed by atoms with Gasteiger partial charge in [0.2, 0.25) is 5.91 Å². The number of amides is 1. The fraction of sp³-hybridized carbons (Fsp3) is 0.385. The van der Waals surface area contributed by atoms with Crippen molar-refractivity contribution in [2.24, 2.45) is 5.73 Å². The number of benzene rings is 1. The van der Waals surface area contributed by atoms with Crippen molar-refractivity contribution in [3.05, 3.63) is 29.8 Å². The molecule has 1 heterocycles. The van der Waals surface area contributed by atoms with E-state index in [1.165, 1.54) is 0 Å². The van der Waals surface area contributed by atoms with Gasteiger partial charge in [0.1, 0.15) is 0 Å². The first-order chi connectivity index (χ1) is 8.74. The molecule has 0 spiro atoms. The first-order valence-corrected chi connectivity index (χ1v) is 5.97. The molecule has 1 aliphatic heterocycles. The Morgan fingerprint density at radius 3 is 2.89 bits per heavy atom. The van der Waals surface area contributed by atoms with Crippen molar-refractivity contribution in [1.29, 1.82) is 5.26 Å². The van der Waals surface area contributed by atoms with Gasteiger partial charge < -0.3 is 10.6 Å². The fourth-order valence-corrected chi connectivity index (χ4v) is 2.11. The van der Waals surface area contributed by atoms with Crippen molar-refractivity contribution in [2.45, 2.75) is 0 Å². The summed E-state index contributed by atoms with van der Waals surface area (Å²) in [6.45, 7) is 3.18. The molecule has 0 saturated carbocycles. The molecule has 1 aromatic rings. The third-order valence-electron chi connectivity index (χ3n) is 3.03. The molecular formula is C13H16N4O. The van der Waals surface area contributed by atoms with Crippen LogP contribution in [0.3, 0.4) is 0 Å². The minimum absolute atomic E-state index is 0.0600. The number of rotatable bonds is 3. The summed E-state index contributed by atoms with van der Waals surface area (Å²) in [4.78, 5) is 15.8. The van der Waals surface area contributed by atoms with Gasteiger partial charge in [-0.05, 0) is 18.2 Å². The molecule has 0 bridgehead atoms. The highest BCUT2D eigenvalue weighted by atomic mass is 16.2. The topological polar surface area (TPSA) is 73.4 Å². The van der Waals surface area contributed by atoms with Gasteiger partial charge in [-0.25, -0.2) is 0 Å². The first kappa shape index (κ1) is 12.6. The largest absolute Gasteiger partial charge is 0.329 e. The standard InChI is InChI=1S/C13H16N4O/c14-4-5-16-6-7-17(13(18)10-16)12-3-1-2-11(8-12)9-15/h1-3,8H,4-7,10,14H2. The number of hydrogen-bond donors (Lipinski definition) is 1. The number of nitrogens with zero attached hydrogens (tertiary/aromatic N) is 3. The monoisotopic (exact) mass is 244 g/mol. The Morgan fingerprint density at radius 2 is 2.22 bits per heavy atom. The van der Waals surface area contributed by atoms with Gasteiger partial charge in [0.05, 0.1) is 18.2 Å². The summed E-state index contributed by atoms with van der Waals surface area (Å²) in [6, 6.07) is 9.22. The molecule has 2 N–H and O–H groups in total. The van der Waals surface area contributed by atoms with Crippen molar-refractivity contribution >= 4 is 11.6 Å². The van der Waals surface area contributed by atoms with Crippen LogP contribution in [0.2, 0.25) is 0 Å². The van der Waals surface area contributed by atoms with Crippen LogP contribution in [0.25, 0.3) is 0 Å². The smallest absolute Gasteiger partial charge is 0.241 e. The van der Waals surface area contributed by atoms with Crippen LogP contribution in [0.15, 0.2) is 24.3 Å². The Kier molecular flexibility index (Phi) is 3.92. The quantitative estimate of drug-likeness (QED) is 0.822. The van der Waals surface area contributed by atoms with E-state index in [2.05, 4.69) is 6.07 Å². The van der Waals surface area contributed by atoms with Crippen LogP contribution in [0.4, 0.5) is 5.69 Å². The Bertz CT molecular complexity index is 480. The Labute approximate surface area is 106 Å². The molecular weight excluding hydrogens is 228 g/mol. The molecule has 0 atom stereocenters. The van der Waals surface area contributed by atoms with E-state index >= 15 is 0 Å². The van der Waals surface area contributed by atoms with E-state index in [1.54, 1.807) is 23.1 Å². The van der Waals surface area contributed by atoms with E-state index in [9.17, 15) is 4.79 Å². The van der Waals surface area contributed by atoms with Crippen LogP contribution < -0.4 is 10.6 Å². The second-order valence-electron chi connectivity index (χ2n) is 4.27. The van der Waals surface area contributed by atoms with Gasteiger partial charge in [0.15, 0.2) is 0 Å². The highest BCUT2D eigenvalue weighted by Crippen LogP contribution is 2.18. The van der Waals surface area contributed by atoms with Crippen LogP contribution in [0, 0.1) is 11.3 Å². The van der Waals surface area contributed by atoms with Crippen molar-refractivity contribution in [2.75, 3.05) is 37.6 Å². The zero-order valence-corrected chi connectivity index (χ0v) is 10.2. The van der Waals surface area contributed by atoms with Crippen LogP contribution in [-0.2, 0) is 4.79 Å². The average molecular weight is 244 g/mol. The summed E-state index contributed by atoms with van der Waals surface area (Å²) in [5.41, 5.74) is 6.86. The summed E-state index contributed by atoms with van der Waals surface area (Å²) in [6.07, 6.45) is 0. The zero-order chi connectivity index (χ0) is 13.0. The fourth-order valence-electron chi connectivity index (χ4n) is 2.11. The van der Waals surface area contributed by atoms with Crippen molar-refractivity contribution in [3.63, 3.8) is 0 Å². The highest BCUT2D eigenvalue weighted by molar-refractivity contribution is 5.95. The second-order valence-corrected chi connectivity index (χ2v) is 4.27. The maximum absolute atomic E-state index is 12.0. The molecule has 1 saturated heterocycles. The molecule has 1 fully saturated rings. The summed E-state index contributed by atoms with van der Waals surface area (Å²) in [7, 11) is 0. The molecule has 0 radical (unpaired) electrons. The molecule has 94 valence electrons. The number of anilines is 1. The van der Waals surface area contributed by atoms with E-state index in [0.717, 1.165) is 18.8 Å². The number of nitriles is 1. The van der Waals surface area contributed by atoms with Gasteiger partial charge in [0.25, 0.3) is 0 Å². The molecule has 1 aliphatic rings. The summed E-state index contributed by atoms with van der Waals surface area (Å²) >= 11 is 0. The van der Waals surface area contributed by atoms with E-state index in [1.807, 2.05) is 11.0 Å². The summed E-state index contributed by atoms with van der Waals surface area (Å²) in [5.74, 6) is 0.0600. The van der Waals surface area contributed by atoms with Crippen LogP contribution in [0.1, 0.15) is 5.56 Å². The van der Waals surface area contributed by atoms with Gasteiger partial charge in [-0.2, -0.15) is 5.26 Å². The van der Waals surface area contributed by atoms with E-state index in [-0.39, 0.29) is 5.91 Å². The SMILES string of the molecule is N#Cc1cccc(N2CCN(CCN)CC2=O)c1. The van der Waals surface area contributed by atoms with Gasteiger partial charge in [-0.15, -0.1) is 0 Å². The average Bonchev–Trinajstić information content (AvgIpc) is 2.39. The Morgan fingerprint density at radius 1 is 1.39 bits per heavy atom. The highest BCUT2D eigenvalue weighted by Gasteiger charge is 2.24. The summed E-state index contributed by atoms with van der Waals surface area (Å²) < 4.78 is 0. The summed E-state index contributed by atoms with van der Waals surface area (Å²) in [5, 5.41) is 8.86. The second kappa shape index (κ2) is 5.63. The Balaban J connectivity index is 2.11. The Hall–Kier alpha value is -1.90. The third-order valence-corrected chi connectivity index (χ3v) is 3.03. The number of piperazine rings is 1. The number of carbonyl (C=O) groups excluding carboxylic acids is 1. The van der Waals surface area contributed by atoms with Gasteiger partial charge in [-0.1, -0.05) is 6.07 Å². The third kappa shape index (κ3) is 2.67. The molecule has 5 heteroatoms. The molecule has 18 heavy (non-hydrogen) atoms. The predicted molar refractivity (Wildman–Crippen MR) is 69.0 cm³/mol. The van der Waals surface area contributed by atoms with E-state index in [0.29, 0.717) is 25.2 Å². The lowest BCUT2D eigenvalue weighted by atomic mass is 10.2. The lowest BCUT2D eigenvalue weighted by molar-refractivity contribution is -0.121. The molecule has 2 rings (SSSR count). The first-order valence-electron chi connectivity index (χ1n) is 5.97. The van der Waals surface area contributed by atoms with Crippen molar-refractivity contribution in [1.82, 2.24) is 4.90 Å². The molecule has 1 aromatic carbocycles. The van der Waals surface area contributed by atoms with Crippen LogP contribution >= 0.6 is 0 Å². The predicted octanol–water partition coefficient (Wildman–Crippen LogP) is 0.166. The maximum atomic E-state index is 12.0. The molecule has 1 amide bonds. The molecule has 0 aliphatic carbocycles. The lowest BCUT2D eigenvalue weighted by Crippen LogP contribution is -2.51. The zero-order valence-electron chi connectivity index (χ0n) is 10.2. The van der Waals surface area contributed by atoms with Crippen LogP contribution in [-0.4, -0.2) is 43.5 Å². The van der Waals surface area contributed by atoms with Crippen molar-refractivity contribution in [3.8, 4) is 6.07 Å². The van der Waals surface area contributed by atoms with Gasteiger partial charge in [0, 0.05) is 31.9 Å². The van der Waals surface area contributed by atoms with Gasteiger partial charge in [-0.3, -0.25) is 9.69 Å². The molecule has 0 unspecified atom stereocenters. The van der Waals surface area contributed by atoms with E-state index in [4.69, 9.17) is 11.0 Å². The van der Waals surface area contributed by atoms with Crippen molar-refractivity contribution < 1.29 is 4.79 Å². The number of carbonyl (C=O) groups is 1. The maximum Gasteiger partial charge on any atom is 0.241 e. The molecule has 5 nitrogen and oxygen atoms in total. The van der Waals surface area contributed by atoms with Gasteiger partial charge >= 0.3 is 0 Å². The lowest BCUT2D eigenvalue weighted by Gasteiger charge is -2.34. The number of hydrogen-bond acceptors (Lipinski definition) is 4. The minimum Gasteiger partial charge on any atom is -0.329 e. The van der Waals surface area contributed by atoms with E-state index < -0.39 is 0 Å². The van der Waals surface area contributed by atoms with Crippen LogP contribution in [0.5, 0.6) is 0 Å².